The summed E-state index contributed by atoms with van der Waals surface area (Å²) in [6.07, 6.45) is -0.0351. The summed E-state index contributed by atoms with van der Waals surface area (Å²) in [5.74, 6) is -1.85. The Hall–Kier alpha value is -3.61. The molecule has 7 heteroatoms. The number of halogens is 3. The minimum Gasteiger partial charge on any atom is -0.390 e. The highest BCUT2D eigenvalue weighted by Gasteiger charge is 2.28. The molecule has 4 nitrogen and oxygen atoms in total. The third kappa shape index (κ3) is 4.94. The zero-order valence-corrected chi connectivity index (χ0v) is 16.5. The van der Waals surface area contributed by atoms with Crippen LogP contribution in [0.5, 0.6) is 0 Å². The normalized spacial score (nSPS) is 15.3. The largest absolute Gasteiger partial charge is 0.390 e. The van der Waals surface area contributed by atoms with E-state index in [2.05, 4.69) is 5.16 Å². The van der Waals surface area contributed by atoms with Crippen molar-refractivity contribution >= 4 is 11.6 Å². The summed E-state index contributed by atoms with van der Waals surface area (Å²) in [4.78, 5) is 20.0. The van der Waals surface area contributed by atoms with Crippen molar-refractivity contribution in [2.24, 2.45) is 5.16 Å². The quantitative estimate of drug-likeness (QED) is 0.563. The molecular formula is C24H19F3N2O2. The first-order valence-corrected chi connectivity index (χ1v) is 9.76. The van der Waals surface area contributed by atoms with Crippen LogP contribution in [0.4, 0.5) is 13.2 Å². The van der Waals surface area contributed by atoms with Crippen LogP contribution in [0, 0.1) is 17.5 Å². The second kappa shape index (κ2) is 9.04. The van der Waals surface area contributed by atoms with Gasteiger partial charge in [0, 0.05) is 13.0 Å². The van der Waals surface area contributed by atoms with E-state index in [4.69, 9.17) is 4.84 Å². The van der Waals surface area contributed by atoms with Crippen molar-refractivity contribution in [3.05, 3.63) is 107 Å². The van der Waals surface area contributed by atoms with Crippen molar-refractivity contribution < 1.29 is 22.8 Å². The monoisotopic (exact) mass is 424 g/mol. The van der Waals surface area contributed by atoms with E-state index in [-0.39, 0.29) is 30.3 Å². The van der Waals surface area contributed by atoms with Crippen LogP contribution in [0.2, 0.25) is 0 Å². The van der Waals surface area contributed by atoms with E-state index >= 15 is 0 Å². The molecule has 1 aliphatic heterocycles. The molecule has 1 atom stereocenters. The van der Waals surface area contributed by atoms with Gasteiger partial charge in [0.15, 0.2) is 6.10 Å². The van der Waals surface area contributed by atoms with Gasteiger partial charge in [-0.25, -0.2) is 13.2 Å². The van der Waals surface area contributed by atoms with Crippen molar-refractivity contribution in [3.8, 4) is 0 Å². The zero-order valence-electron chi connectivity index (χ0n) is 16.5. The maximum atomic E-state index is 14.2. The van der Waals surface area contributed by atoms with Gasteiger partial charge < -0.3 is 9.74 Å². The molecule has 0 spiro atoms. The number of benzene rings is 3. The molecule has 0 N–H and O–H groups in total. The topological polar surface area (TPSA) is 41.9 Å². The maximum Gasteiger partial charge on any atom is 0.257 e. The fraction of sp³-hybridized carbons (Fsp3) is 0.167. The van der Waals surface area contributed by atoms with Crippen molar-refractivity contribution in [2.75, 3.05) is 6.54 Å². The molecule has 0 bridgehead atoms. The van der Waals surface area contributed by atoms with E-state index in [1.807, 2.05) is 0 Å². The Morgan fingerprint density at radius 3 is 2.26 bits per heavy atom. The van der Waals surface area contributed by atoms with Crippen LogP contribution in [0.1, 0.15) is 27.9 Å². The predicted molar refractivity (Wildman–Crippen MR) is 110 cm³/mol. The lowest BCUT2D eigenvalue weighted by Gasteiger charge is -2.25. The van der Waals surface area contributed by atoms with Crippen molar-refractivity contribution in [1.82, 2.24) is 4.90 Å². The number of hydrogen-bond donors (Lipinski definition) is 0. The van der Waals surface area contributed by atoms with E-state index in [1.165, 1.54) is 47.4 Å². The van der Waals surface area contributed by atoms with E-state index in [9.17, 15) is 18.0 Å². The summed E-state index contributed by atoms with van der Waals surface area (Å²) in [7, 11) is 0. The Kier molecular flexibility index (Phi) is 6.02. The molecule has 0 aromatic heterocycles. The first kappa shape index (κ1) is 20.7. The molecule has 1 unspecified atom stereocenters. The standard InChI is InChI=1S/C24H19F3N2O2/c25-18-9-5-16(6-10-18)14-29(24(30)21-3-1-2-4-22(21)27)15-20-13-23(28-31-20)17-7-11-19(26)12-8-17/h1-12,20H,13-15H2. The molecule has 158 valence electrons. The number of carbonyl (C=O) groups is 1. The fourth-order valence-corrected chi connectivity index (χ4v) is 3.42. The lowest BCUT2D eigenvalue weighted by molar-refractivity contribution is 0.0402. The molecule has 1 aliphatic rings. The number of hydrogen-bond acceptors (Lipinski definition) is 3. The lowest BCUT2D eigenvalue weighted by atomic mass is 10.0. The zero-order chi connectivity index (χ0) is 21.8. The van der Waals surface area contributed by atoms with Gasteiger partial charge >= 0.3 is 0 Å². The maximum absolute atomic E-state index is 14.2. The Balaban J connectivity index is 1.52. The van der Waals surface area contributed by atoms with E-state index < -0.39 is 17.8 Å². The van der Waals surface area contributed by atoms with Gasteiger partial charge in [-0.2, -0.15) is 0 Å². The summed E-state index contributed by atoms with van der Waals surface area (Å²) in [5.41, 5.74) is 2.02. The molecule has 0 radical (unpaired) electrons. The Labute approximate surface area is 177 Å². The van der Waals surface area contributed by atoms with Crippen molar-refractivity contribution in [1.29, 1.82) is 0 Å². The number of rotatable bonds is 6. The van der Waals surface area contributed by atoms with Crippen molar-refractivity contribution in [3.63, 3.8) is 0 Å². The van der Waals surface area contributed by atoms with Crippen LogP contribution in [0.15, 0.2) is 78.0 Å². The van der Waals surface area contributed by atoms with E-state index in [0.29, 0.717) is 17.7 Å². The summed E-state index contributed by atoms with van der Waals surface area (Å²) in [5, 5.41) is 4.07. The highest BCUT2D eigenvalue weighted by molar-refractivity contribution is 6.01. The first-order valence-electron chi connectivity index (χ1n) is 9.76. The smallest absolute Gasteiger partial charge is 0.257 e. The van der Waals surface area contributed by atoms with Gasteiger partial charge in [0.1, 0.15) is 17.5 Å². The van der Waals surface area contributed by atoms with Gasteiger partial charge in [-0.15, -0.1) is 0 Å². The molecule has 1 amide bonds. The third-order valence-electron chi connectivity index (χ3n) is 5.01. The second-order valence-corrected chi connectivity index (χ2v) is 7.27. The molecule has 3 aromatic carbocycles. The highest BCUT2D eigenvalue weighted by Crippen LogP contribution is 2.21. The van der Waals surface area contributed by atoms with Crippen molar-refractivity contribution in [2.45, 2.75) is 19.1 Å². The lowest BCUT2D eigenvalue weighted by Crippen LogP contribution is -2.37. The average molecular weight is 424 g/mol. The Morgan fingerprint density at radius 2 is 1.58 bits per heavy atom. The first-order chi connectivity index (χ1) is 15.0. The van der Waals surface area contributed by atoms with Gasteiger partial charge in [0.05, 0.1) is 17.8 Å². The van der Waals surface area contributed by atoms with Crippen LogP contribution in [-0.4, -0.2) is 29.2 Å². The molecule has 0 fully saturated rings. The Morgan fingerprint density at radius 1 is 0.935 bits per heavy atom. The molecule has 0 aliphatic carbocycles. The third-order valence-corrected chi connectivity index (χ3v) is 5.01. The molecule has 31 heavy (non-hydrogen) atoms. The van der Waals surface area contributed by atoms with Gasteiger partial charge in [-0.3, -0.25) is 4.79 Å². The van der Waals surface area contributed by atoms with Crippen LogP contribution in [-0.2, 0) is 11.4 Å². The Bertz CT molecular complexity index is 1100. The number of nitrogens with zero attached hydrogens (tertiary/aromatic N) is 2. The van der Waals surface area contributed by atoms with Gasteiger partial charge in [0.25, 0.3) is 5.91 Å². The molecule has 0 saturated heterocycles. The van der Waals surface area contributed by atoms with Gasteiger partial charge in [-0.05, 0) is 47.5 Å². The molecule has 1 heterocycles. The number of oxime groups is 1. The van der Waals surface area contributed by atoms with E-state index in [1.54, 1.807) is 30.3 Å². The summed E-state index contributed by atoms with van der Waals surface area (Å²) in [6.45, 7) is 0.303. The fourth-order valence-electron chi connectivity index (χ4n) is 3.42. The summed E-state index contributed by atoms with van der Waals surface area (Å²) >= 11 is 0. The van der Waals surface area contributed by atoms with Crippen LogP contribution in [0.25, 0.3) is 0 Å². The average Bonchev–Trinajstić information content (AvgIpc) is 3.24. The van der Waals surface area contributed by atoms with Gasteiger partial charge in [0.2, 0.25) is 0 Å². The summed E-state index contributed by atoms with van der Waals surface area (Å²) in [6, 6.07) is 17.4. The predicted octanol–water partition coefficient (Wildman–Crippen LogP) is 4.94. The second-order valence-electron chi connectivity index (χ2n) is 7.27. The molecular weight excluding hydrogens is 405 g/mol. The molecule has 0 saturated carbocycles. The highest BCUT2D eigenvalue weighted by atomic mass is 19.1. The van der Waals surface area contributed by atoms with Crippen LogP contribution >= 0.6 is 0 Å². The van der Waals surface area contributed by atoms with Crippen LogP contribution in [0.3, 0.4) is 0 Å². The number of amides is 1. The molecule has 4 rings (SSSR count). The van der Waals surface area contributed by atoms with Crippen LogP contribution < -0.4 is 0 Å². The van der Waals surface area contributed by atoms with E-state index in [0.717, 1.165) is 5.56 Å². The van der Waals surface area contributed by atoms with Gasteiger partial charge in [-0.1, -0.05) is 41.6 Å². The summed E-state index contributed by atoms with van der Waals surface area (Å²) < 4.78 is 40.7. The molecule has 3 aromatic rings. The minimum absolute atomic E-state index is 0.0534. The number of carbonyl (C=O) groups excluding carboxylic acids is 1. The SMILES string of the molecule is O=C(c1ccccc1F)N(Cc1ccc(F)cc1)CC1CC(c2ccc(F)cc2)=NO1. The minimum atomic E-state index is -0.618.